The van der Waals surface area contributed by atoms with Gasteiger partial charge < -0.3 is 20.1 Å². The first-order valence-electron chi connectivity index (χ1n) is 6.52. The highest BCUT2D eigenvalue weighted by Crippen LogP contribution is 2.32. The highest BCUT2D eigenvalue weighted by molar-refractivity contribution is 7.15. The summed E-state index contributed by atoms with van der Waals surface area (Å²) in [5, 5.41) is 5.68. The number of hydrogen-bond donors (Lipinski definition) is 2. The van der Waals surface area contributed by atoms with Crippen molar-refractivity contribution in [3.8, 4) is 11.5 Å². The minimum atomic E-state index is -0.358. The zero-order chi connectivity index (χ0) is 15.5. The van der Waals surface area contributed by atoms with Gasteiger partial charge in [-0.25, -0.2) is 4.98 Å². The highest BCUT2D eigenvalue weighted by Gasteiger charge is 2.16. The molecule has 0 spiro atoms. The zero-order valence-corrected chi connectivity index (χ0v) is 12.5. The van der Waals surface area contributed by atoms with Gasteiger partial charge in [0.2, 0.25) is 12.7 Å². The summed E-state index contributed by atoms with van der Waals surface area (Å²) in [5.74, 6) is 0.441. The number of anilines is 1. The van der Waals surface area contributed by atoms with Crippen LogP contribution in [0.4, 0.5) is 5.13 Å². The van der Waals surface area contributed by atoms with Gasteiger partial charge in [-0.05, 0) is 25.1 Å². The summed E-state index contributed by atoms with van der Waals surface area (Å²) in [6.45, 7) is 1.91. The van der Waals surface area contributed by atoms with Crippen LogP contribution in [0.3, 0.4) is 0 Å². The Morgan fingerprint density at radius 1 is 1.32 bits per heavy atom. The Bertz CT molecular complexity index is 729. The smallest absolute Gasteiger partial charge is 0.251 e. The van der Waals surface area contributed by atoms with Crippen molar-refractivity contribution in [2.75, 3.05) is 18.7 Å². The summed E-state index contributed by atoms with van der Waals surface area (Å²) in [6.07, 6.45) is 1.67. The molecule has 22 heavy (non-hydrogen) atoms. The molecule has 0 fully saturated rings. The standard InChI is InChI=1S/C14H13N3O4S/c1-8-5-16-14(22-8)17-12(18)6-15-13(19)9-2-3-10-11(4-9)21-7-20-10/h2-5H,6-7H2,1H3,(H,15,19)(H,16,17,18). The molecule has 0 saturated carbocycles. The Kier molecular flexibility index (Phi) is 3.92. The number of amides is 2. The van der Waals surface area contributed by atoms with Crippen molar-refractivity contribution in [2.24, 2.45) is 0 Å². The Morgan fingerprint density at radius 2 is 2.14 bits per heavy atom. The molecular weight excluding hydrogens is 306 g/mol. The van der Waals surface area contributed by atoms with E-state index in [-0.39, 0.29) is 25.2 Å². The molecule has 7 nitrogen and oxygen atoms in total. The zero-order valence-electron chi connectivity index (χ0n) is 11.7. The minimum Gasteiger partial charge on any atom is -0.454 e. The van der Waals surface area contributed by atoms with Crippen LogP contribution in [0.1, 0.15) is 15.2 Å². The lowest BCUT2D eigenvalue weighted by atomic mass is 10.2. The molecule has 0 saturated heterocycles. The van der Waals surface area contributed by atoms with Crippen molar-refractivity contribution < 1.29 is 19.1 Å². The predicted octanol–water partition coefficient (Wildman–Crippen LogP) is 1.55. The maximum Gasteiger partial charge on any atom is 0.251 e. The lowest BCUT2D eigenvalue weighted by molar-refractivity contribution is -0.115. The molecule has 2 amide bonds. The van der Waals surface area contributed by atoms with Crippen LogP contribution in [0.15, 0.2) is 24.4 Å². The average molecular weight is 319 g/mol. The van der Waals surface area contributed by atoms with E-state index in [1.165, 1.54) is 11.3 Å². The first-order chi connectivity index (χ1) is 10.6. The van der Waals surface area contributed by atoms with E-state index < -0.39 is 0 Å². The van der Waals surface area contributed by atoms with Crippen LogP contribution >= 0.6 is 11.3 Å². The van der Waals surface area contributed by atoms with Gasteiger partial charge in [0.15, 0.2) is 16.6 Å². The van der Waals surface area contributed by atoms with Crippen LogP contribution in [0.2, 0.25) is 0 Å². The van der Waals surface area contributed by atoms with Crippen LogP contribution in [-0.4, -0.2) is 30.1 Å². The van der Waals surface area contributed by atoms with Gasteiger partial charge in [-0.3, -0.25) is 9.59 Å². The molecular formula is C14H13N3O4S. The Balaban J connectivity index is 1.54. The maximum atomic E-state index is 12.0. The second kappa shape index (κ2) is 6.02. The average Bonchev–Trinajstić information content (AvgIpc) is 3.12. The number of ether oxygens (including phenoxy) is 2. The van der Waals surface area contributed by atoms with Crippen molar-refractivity contribution in [2.45, 2.75) is 6.92 Å². The van der Waals surface area contributed by atoms with Crippen LogP contribution in [0.5, 0.6) is 11.5 Å². The van der Waals surface area contributed by atoms with Crippen LogP contribution in [-0.2, 0) is 4.79 Å². The topological polar surface area (TPSA) is 89.6 Å². The van der Waals surface area contributed by atoms with E-state index in [1.807, 2.05) is 6.92 Å². The molecule has 8 heteroatoms. The van der Waals surface area contributed by atoms with Gasteiger partial charge in [0.05, 0.1) is 6.54 Å². The summed E-state index contributed by atoms with van der Waals surface area (Å²) < 4.78 is 10.4. The Labute approximate surface area is 130 Å². The van der Waals surface area contributed by atoms with Crippen LogP contribution in [0.25, 0.3) is 0 Å². The number of carbonyl (C=O) groups excluding carboxylic acids is 2. The lowest BCUT2D eigenvalue weighted by Gasteiger charge is -2.06. The molecule has 2 heterocycles. The van der Waals surface area contributed by atoms with E-state index >= 15 is 0 Å². The monoisotopic (exact) mass is 319 g/mol. The number of rotatable bonds is 4. The number of aryl methyl sites for hydroxylation is 1. The van der Waals surface area contributed by atoms with E-state index in [1.54, 1.807) is 24.4 Å². The normalized spacial score (nSPS) is 12.0. The lowest BCUT2D eigenvalue weighted by Crippen LogP contribution is -2.32. The van der Waals surface area contributed by atoms with Gasteiger partial charge >= 0.3 is 0 Å². The third kappa shape index (κ3) is 3.17. The van der Waals surface area contributed by atoms with Crippen molar-refractivity contribution in [3.05, 3.63) is 34.8 Å². The molecule has 2 aromatic rings. The Hall–Kier alpha value is -2.61. The van der Waals surface area contributed by atoms with E-state index in [0.29, 0.717) is 22.2 Å². The molecule has 0 aliphatic carbocycles. The number of thiazole rings is 1. The molecule has 3 rings (SSSR count). The molecule has 0 atom stereocenters. The number of hydrogen-bond acceptors (Lipinski definition) is 6. The van der Waals surface area contributed by atoms with Gasteiger partial charge in [0, 0.05) is 16.6 Å². The molecule has 0 radical (unpaired) electrons. The number of benzene rings is 1. The highest BCUT2D eigenvalue weighted by atomic mass is 32.1. The van der Waals surface area contributed by atoms with Crippen LogP contribution in [0, 0.1) is 6.92 Å². The number of nitrogens with one attached hydrogen (secondary N) is 2. The first-order valence-corrected chi connectivity index (χ1v) is 7.33. The van der Waals surface area contributed by atoms with E-state index in [4.69, 9.17) is 9.47 Å². The summed E-state index contributed by atoms with van der Waals surface area (Å²) in [4.78, 5) is 28.8. The number of carbonyl (C=O) groups is 2. The minimum absolute atomic E-state index is 0.133. The van der Waals surface area contributed by atoms with Crippen molar-refractivity contribution >= 4 is 28.3 Å². The predicted molar refractivity (Wildman–Crippen MR) is 80.4 cm³/mol. The first kappa shape index (κ1) is 14.3. The van der Waals surface area contributed by atoms with E-state index in [2.05, 4.69) is 15.6 Å². The summed E-state index contributed by atoms with van der Waals surface area (Å²) in [7, 11) is 0. The second-order valence-corrected chi connectivity index (χ2v) is 5.81. The molecule has 1 aromatic heterocycles. The molecule has 1 aliphatic rings. The van der Waals surface area contributed by atoms with Crippen molar-refractivity contribution in [1.82, 2.24) is 10.3 Å². The second-order valence-electron chi connectivity index (χ2n) is 4.57. The van der Waals surface area contributed by atoms with Gasteiger partial charge in [0.1, 0.15) is 0 Å². The SMILES string of the molecule is Cc1cnc(NC(=O)CNC(=O)c2ccc3c(c2)OCO3)s1. The number of fused-ring (bicyclic) bond motifs is 1. The fourth-order valence-electron chi connectivity index (χ4n) is 1.88. The molecule has 1 aromatic carbocycles. The molecule has 0 bridgehead atoms. The van der Waals surface area contributed by atoms with Crippen molar-refractivity contribution in [3.63, 3.8) is 0 Å². The molecule has 2 N–H and O–H groups in total. The van der Waals surface area contributed by atoms with Gasteiger partial charge in [-0.15, -0.1) is 11.3 Å². The molecule has 1 aliphatic heterocycles. The maximum absolute atomic E-state index is 12.0. The summed E-state index contributed by atoms with van der Waals surface area (Å²) >= 11 is 1.37. The fourth-order valence-corrected chi connectivity index (χ4v) is 2.56. The Morgan fingerprint density at radius 3 is 2.91 bits per heavy atom. The largest absolute Gasteiger partial charge is 0.454 e. The van der Waals surface area contributed by atoms with Gasteiger partial charge in [-0.1, -0.05) is 0 Å². The van der Waals surface area contributed by atoms with Crippen molar-refractivity contribution in [1.29, 1.82) is 0 Å². The summed E-state index contributed by atoms with van der Waals surface area (Å²) in [5.41, 5.74) is 0.405. The number of aromatic nitrogens is 1. The van der Waals surface area contributed by atoms with Crippen LogP contribution < -0.4 is 20.1 Å². The third-order valence-electron chi connectivity index (χ3n) is 2.91. The molecule has 114 valence electrons. The van der Waals surface area contributed by atoms with Gasteiger partial charge in [0.25, 0.3) is 5.91 Å². The third-order valence-corrected chi connectivity index (χ3v) is 3.74. The quantitative estimate of drug-likeness (QED) is 0.892. The summed E-state index contributed by atoms with van der Waals surface area (Å²) in [6, 6.07) is 4.86. The van der Waals surface area contributed by atoms with E-state index in [0.717, 1.165) is 4.88 Å². The van der Waals surface area contributed by atoms with Gasteiger partial charge in [-0.2, -0.15) is 0 Å². The molecule has 0 unspecified atom stereocenters. The fraction of sp³-hybridized carbons (Fsp3) is 0.214. The number of nitrogens with zero attached hydrogens (tertiary/aromatic N) is 1. The van der Waals surface area contributed by atoms with E-state index in [9.17, 15) is 9.59 Å².